The minimum absolute atomic E-state index is 0.377. The van der Waals surface area contributed by atoms with Crippen LogP contribution in [0.1, 0.15) is 26.3 Å². The molecule has 1 aromatic heterocycles. The third-order valence-electron chi connectivity index (χ3n) is 2.00. The summed E-state index contributed by atoms with van der Waals surface area (Å²) in [4.78, 5) is 27.4. The molecular weight excluding hydrogens is 220 g/mol. The average molecular weight is 238 g/mol. The summed E-state index contributed by atoms with van der Waals surface area (Å²) in [5, 5.41) is 0. The molecule has 0 saturated carbocycles. The van der Waals surface area contributed by atoms with Gasteiger partial charge in [0.1, 0.15) is 5.60 Å². The molecule has 5 heteroatoms. The van der Waals surface area contributed by atoms with E-state index in [4.69, 9.17) is 4.74 Å². The number of likely N-dealkylation sites (N-methyl/N-ethyl adjacent to an activating group) is 1. The van der Waals surface area contributed by atoms with Gasteiger partial charge < -0.3 is 14.6 Å². The van der Waals surface area contributed by atoms with Gasteiger partial charge in [0.15, 0.2) is 0 Å². The van der Waals surface area contributed by atoms with Crippen molar-refractivity contribution in [2.75, 3.05) is 7.05 Å². The summed E-state index contributed by atoms with van der Waals surface area (Å²) in [6.07, 6.45) is 3.54. The molecule has 0 aliphatic rings. The Bertz CT molecular complexity index is 390. The monoisotopic (exact) mass is 238 g/mol. The number of hydrogen-bond donors (Lipinski definition) is 1. The standard InChI is InChI=1S/C12H18N2O3/c1-12(2,3)17-11(16)10(15)14(4)8-9-5-6-13-7-9/h5-7,13H,8H2,1-4H3. The Morgan fingerprint density at radius 3 is 2.53 bits per heavy atom. The van der Waals surface area contributed by atoms with Gasteiger partial charge in [-0.2, -0.15) is 0 Å². The molecule has 94 valence electrons. The summed E-state index contributed by atoms with van der Waals surface area (Å²) >= 11 is 0. The first kappa shape index (κ1) is 13.3. The highest BCUT2D eigenvalue weighted by Gasteiger charge is 2.25. The normalized spacial score (nSPS) is 11.1. The van der Waals surface area contributed by atoms with Crippen LogP contribution in [0.15, 0.2) is 18.5 Å². The number of amides is 1. The predicted octanol–water partition coefficient (Wildman–Crippen LogP) is 1.31. The second-order valence-electron chi connectivity index (χ2n) is 4.88. The Labute approximate surface area is 101 Å². The molecule has 0 unspecified atom stereocenters. The molecule has 17 heavy (non-hydrogen) atoms. The van der Waals surface area contributed by atoms with Crippen molar-refractivity contribution in [2.24, 2.45) is 0 Å². The zero-order valence-corrected chi connectivity index (χ0v) is 10.6. The van der Waals surface area contributed by atoms with Crippen LogP contribution >= 0.6 is 0 Å². The summed E-state index contributed by atoms with van der Waals surface area (Å²) in [5.41, 5.74) is 0.284. The van der Waals surface area contributed by atoms with Crippen molar-refractivity contribution >= 4 is 11.9 Å². The smallest absolute Gasteiger partial charge is 0.397 e. The van der Waals surface area contributed by atoms with Gasteiger partial charge in [0.2, 0.25) is 0 Å². The van der Waals surface area contributed by atoms with Crippen LogP contribution < -0.4 is 0 Å². The lowest BCUT2D eigenvalue weighted by molar-refractivity contribution is -0.167. The van der Waals surface area contributed by atoms with Gasteiger partial charge in [-0.25, -0.2) is 4.79 Å². The number of carbonyl (C=O) groups is 2. The Morgan fingerprint density at radius 1 is 1.41 bits per heavy atom. The fourth-order valence-electron chi connectivity index (χ4n) is 1.28. The van der Waals surface area contributed by atoms with Crippen molar-refractivity contribution in [1.29, 1.82) is 0 Å². The maximum atomic E-state index is 11.7. The van der Waals surface area contributed by atoms with Crippen molar-refractivity contribution in [3.8, 4) is 0 Å². The molecule has 0 aromatic carbocycles. The maximum Gasteiger partial charge on any atom is 0.397 e. The van der Waals surface area contributed by atoms with E-state index in [0.717, 1.165) is 5.56 Å². The van der Waals surface area contributed by atoms with E-state index in [1.807, 2.05) is 6.07 Å². The minimum Gasteiger partial charge on any atom is -0.453 e. The van der Waals surface area contributed by atoms with E-state index in [-0.39, 0.29) is 0 Å². The van der Waals surface area contributed by atoms with Crippen molar-refractivity contribution < 1.29 is 14.3 Å². The topological polar surface area (TPSA) is 62.4 Å². The largest absolute Gasteiger partial charge is 0.453 e. The molecule has 0 spiro atoms. The van der Waals surface area contributed by atoms with E-state index < -0.39 is 17.5 Å². The first-order valence-corrected chi connectivity index (χ1v) is 5.40. The highest BCUT2D eigenvalue weighted by atomic mass is 16.6. The van der Waals surface area contributed by atoms with E-state index in [1.54, 1.807) is 40.2 Å². The quantitative estimate of drug-likeness (QED) is 0.624. The van der Waals surface area contributed by atoms with E-state index >= 15 is 0 Å². The van der Waals surface area contributed by atoms with Crippen LogP contribution in [0.5, 0.6) is 0 Å². The lowest BCUT2D eigenvalue weighted by Crippen LogP contribution is -2.37. The van der Waals surface area contributed by atoms with Crippen molar-refractivity contribution in [2.45, 2.75) is 32.9 Å². The average Bonchev–Trinajstić information content (AvgIpc) is 2.66. The van der Waals surface area contributed by atoms with Crippen LogP contribution in [0.25, 0.3) is 0 Å². The van der Waals surface area contributed by atoms with Gasteiger partial charge in [-0.3, -0.25) is 4.79 Å². The highest BCUT2D eigenvalue weighted by Crippen LogP contribution is 2.09. The molecule has 1 heterocycles. The zero-order valence-electron chi connectivity index (χ0n) is 10.6. The lowest BCUT2D eigenvalue weighted by Gasteiger charge is -2.21. The number of ether oxygens (including phenoxy) is 1. The molecule has 5 nitrogen and oxygen atoms in total. The number of aromatic nitrogens is 1. The Morgan fingerprint density at radius 2 is 2.06 bits per heavy atom. The SMILES string of the molecule is CN(Cc1cc[nH]c1)C(=O)C(=O)OC(C)(C)C. The second-order valence-corrected chi connectivity index (χ2v) is 4.88. The molecule has 0 aliphatic heterocycles. The molecule has 0 atom stereocenters. The summed E-state index contributed by atoms with van der Waals surface area (Å²) in [6, 6.07) is 1.85. The predicted molar refractivity (Wildman–Crippen MR) is 63.1 cm³/mol. The van der Waals surface area contributed by atoms with Crippen LogP contribution in [0, 0.1) is 0 Å². The summed E-state index contributed by atoms with van der Waals surface area (Å²) < 4.78 is 5.00. The fraction of sp³-hybridized carbons (Fsp3) is 0.500. The van der Waals surface area contributed by atoms with Crippen LogP contribution in [0.2, 0.25) is 0 Å². The molecule has 1 aromatic rings. The van der Waals surface area contributed by atoms with Gasteiger partial charge in [0, 0.05) is 26.0 Å². The van der Waals surface area contributed by atoms with Crippen LogP contribution in [0.4, 0.5) is 0 Å². The van der Waals surface area contributed by atoms with Gasteiger partial charge in [-0.1, -0.05) is 0 Å². The van der Waals surface area contributed by atoms with E-state index in [0.29, 0.717) is 6.54 Å². The number of hydrogen-bond acceptors (Lipinski definition) is 3. The molecule has 0 saturated heterocycles. The first-order chi connectivity index (χ1) is 7.79. The van der Waals surface area contributed by atoms with Gasteiger partial charge in [-0.05, 0) is 32.4 Å². The summed E-state index contributed by atoms with van der Waals surface area (Å²) in [6.45, 7) is 5.56. The summed E-state index contributed by atoms with van der Waals surface area (Å²) in [7, 11) is 1.57. The van der Waals surface area contributed by atoms with Gasteiger partial charge in [0.25, 0.3) is 0 Å². The minimum atomic E-state index is -0.824. The molecule has 0 radical (unpaired) electrons. The number of rotatable bonds is 2. The Hall–Kier alpha value is -1.78. The van der Waals surface area contributed by atoms with Crippen molar-refractivity contribution in [3.05, 3.63) is 24.0 Å². The molecule has 1 rings (SSSR count). The third kappa shape index (κ3) is 4.30. The van der Waals surface area contributed by atoms with Crippen LogP contribution in [-0.4, -0.2) is 34.4 Å². The molecule has 1 amide bonds. The van der Waals surface area contributed by atoms with Crippen LogP contribution in [0.3, 0.4) is 0 Å². The first-order valence-electron chi connectivity index (χ1n) is 5.40. The highest BCUT2D eigenvalue weighted by molar-refractivity contribution is 6.32. The number of esters is 1. The van der Waals surface area contributed by atoms with Gasteiger partial charge >= 0.3 is 11.9 Å². The lowest BCUT2D eigenvalue weighted by atomic mass is 10.2. The number of nitrogens with zero attached hydrogens (tertiary/aromatic N) is 1. The van der Waals surface area contributed by atoms with Gasteiger partial charge in [0.05, 0.1) is 0 Å². The zero-order chi connectivity index (χ0) is 13.1. The number of nitrogens with one attached hydrogen (secondary N) is 1. The number of H-pyrrole nitrogens is 1. The van der Waals surface area contributed by atoms with E-state index in [9.17, 15) is 9.59 Å². The molecule has 0 fully saturated rings. The van der Waals surface area contributed by atoms with E-state index in [1.165, 1.54) is 4.90 Å². The maximum absolute atomic E-state index is 11.7. The summed E-state index contributed by atoms with van der Waals surface area (Å²) in [5.74, 6) is -1.46. The third-order valence-corrected chi connectivity index (χ3v) is 2.00. The van der Waals surface area contributed by atoms with Gasteiger partial charge in [-0.15, -0.1) is 0 Å². The molecular formula is C12H18N2O3. The Balaban J connectivity index is 2.55. The van der Waals surface area contributed by atoms with Crippen molar-refractivity contribution in [3.63, 3.8) is 0 Å². The second kappa shape index (κ2) is 5.03. The number of aromatic amines is 1. The number of carbonyl (C=O) groups excluding carboxylic acids is 2. The van der Waals surface area contributed by atoms with Crippen LogP contribution in [-0.2, 0) is 20.9 Å². The molecule has 0 bridgehead atoms. The molecule has 0 aliphatic carbocycles. The Kier molecular flexibility index (Phi) is 3.93. The van der Waals surface area contributed by atoms with Crippen molar-refractivity contribution in [1.82, 2.24) is 9.88 Å². The van der Waals surface area contributed by atoms with E-state index in [2.05, 4.69) is 4.98 Å². The fourth-order valence-corrected chi connectivity index (χ4v) is 1.28. The molecule has 1 N–H and O–H groups in total.